The molecule has 1 aliphatic rings. The van der Waals surface area contributed by atoms with Crippen LogP contribution in [0.25, 0.3) is 0 Å². The van der Waals surface area contributed by atoms with Crippen LogP contribution in [0, 0.1) is 0 Å². The molecule has 1 saturated heterocycles. The van der Waals surface area contributed by atoms with Gasteiger partial charge in [-0.1, -0.05) is 37.1 Å². The summed E-state index contributed by atoms with van der Waals surface area (Å²) in [7, 11) is 0. The lowest BCUT2D eigenvalue weighted by molar-refractivity contribution is -0.136. The number of hydrogen-bond donors (Lipinski definition) is 2. The van der Waals surface area contributed by atoms with Gasteiger partial charge in [-0.05, 0) is 30.5 Å². The first-order valence-corrected chi connectivity index (χ1v) is 7.33. The second-order valence-electron chi connectivity index (χ2n) is 5.54. The third-order valence-corrected chi connectivity index (χ3v) is 3.97. The molecule has 4 nitrogen and oxygen atoms in total. The molecule has 1 fully saturated rings. The topological polar surface area (TPSA) is 60.8 Å². The van der Waals surface area contributed by atoms with Gasteiger partial charge in [0, 0.05) is 12.6 Å². The zero-order valence-electron chi connectivity index (χ0n) is 11.8. The Morgan fingerprint density at radius 3 is 2.50 bits per heavy atom. The zero-order chi connectivity index (χ0) is 14.4. The fourth-order valence-electron chi connectivity index (χ4n) is 2.82. The number of carboxylic acid groups (broad SMARTS) is 1. The molecule has 0 aromatic heterocycles. The Kier molecular flexibility index (Phi) is 5.56. The van der Waals surface area contributed by atoms with E-state index in [4.69, 9.17) is 5.11 Å². The van der Waals surface area contributed by atoms with Crippen LogP contribution in [0.4, 0.5) is 0 Å². The van der Waals surface area contributed by atoms with Gasteiger partial charge in [0.25, 0.3) is 0 Å². The number of carbonyl (C=O) groups is 1. The van der Waals surface area contributed by atoms with Crippen LogP contribution >= 0.6 is 0 Å². The fraction of sp³-hybridized carbons (Fsp3) is 0.562. The van der Waals surface area contributed by atoms with Crippen LogP contribution in [0.2, 0.25) is 0 Å². The van der Waals surface area contributed by atoms with Crippen molar-refractivity contribution in [2.75, 3.05) is 13.2 Å². The van der Waals surface area contributed by atoms with Gasteiger partial charge >= 0.3 is 5.97 Å². The van der Waals surface area contributed by atoms with Crippen LogP contribution in [0.5, 0.6) is 0 Å². The standard InChI is InChI=1S/C16H23NO3/c18-12-15-4-2-1-3-9-17(15)11-14-7-5-13(6-8-14)10-16(19)20/h5-8,15,18H,1-4,9-12H2,(H,19,20). The van der Waals surface area contributed by atoms with Gasteiger partial charge < -0.3 is 10.2 Å². The smallest absolute Gasteiger partial charge is 0.307 e. The van der Waals surface area contributed by atoms with Crippen molar-refractivity contribution in [2.45, 2.75) is 44.7 Å². The van der Waals surface area contributed by atoms with E-state index in [0.29, 0.717) is 0 Å². The molecule has 1 atom stereocenters. The predicted octanol–water partition coefficient (Wildman–Crippen LogP) is 2.05. The van der Waals surface area contributed by atoms with E-state index in [1.807, 2.05) is 24.3 Å². The number of aliphatic carboxylic acids is 1. The number of hydrogen-bond acceptors (Lipinski definition) is 3. The monoisotopic (exact) mass is 277 g/mol. The van der Waals surface area contributed by atoms with E-state index in [-0.39, 0.29) is 19.1 Å². The summed E-state index contributed by atoms with van der Waals surface area (Å²) in [5.74, 6) is -0.800. The van der Waals surface area contributed by atoms with Crippen LogP contribution in [0.3, 0.4) is 0 Å². The summed E-state index contributed by atoms with van der Waals surface area (Å²) in [5.41, 5.74) is 2.01. The molecular weight excluding hydrogens is 254 g/mol. The van der Waals surface area contributed by atoms with Crippen LogP contribution in [0.1, 0.15) is 36.8 Å². The first kappa shape index (κ1) is 15.0. The number of aliphatic hydroxyl groups is 1. The lowest BCUT2D eigenvalue weighted by Crippen LogP contribution is -2.36. The largest absolute Gasteiger partial charge is 0.481 e. The van der Waals surface area contributed by atoms with Crippen LogP contribution in [-0.4, -0.2) is 40.3 Å². The van der Waals surface area contributed by atoms with Crippen molar-refractivity contribution in [1.29, 1.82) is 0 Å². The third kappa shape index (κ3) is 4.32. The van der Waals surface area contributed by atoms with Crippen molar-refractivity contribution < 1.29 is 15.0 Å². The van der Waals surface area contributed by atoms with Crippen molar-refractivity contribution in [3.8, 4) is 0 Å². The third-order valence-electron chi connectivity index (χ3n) is 3.97. The van der Waals surface area contributed by atoms with Gasteiger partial charge in [-0.3, -0.25) is 9.69 Å². The van der Waals surface area contributed by atoms with Gasteiger partial charge in [-0.15, -0.1) is 0 Å². The normalized spacial score (nSPS) is 20.6. The SMILES string of the molecule is O=C(O)Cc1ccc(CN2CCCCCC2CO)cc1. The molecule has 0 saturated carbocycles. The van der Waals surface area contributed by atoms with E-state index in [1.165, 1.54) is 24.8 Å². The Balaban J connectivity index is 1.98. The molecule has 0 amide bonds. The van der Waals surface area contributed by atoms with Crippen LogP contribution in [-0.2, 0) is 17.8 Å². The second kappa shape index (κ2) is 7.41. The Bertz CT molecular complexity index is 430. The molecule has 2 rings (SSSR count). The van der Waals surface area contributed by atoms with E-state index in [0.717, 1.165) is 25.1 Å². The Labute approximate surface area is 120 Å². The van der Waals surface area contributed by atoms with Gasteiger partial charge in [0.15, 0.2) is 0 Å². The first-order chi connectivity index (χ1) is 9.69. The summed E-state index contributed by atoms with van der Waals surface area (Å²) in [6.07, 6.45) is 4.76. The fourth-order valence-corrected chi connectivity index (χ4v) is 2.82. The maximum absolute atomic E-state index is 10.7. The van der Waals surface area contributed by atoms with Gasteiger partial charge in [0.2, 0.25) is 0 Å². The number of aliphatic hydroxyl groups excluding tert-OH is 1. The Morgan fingerprint density at radius 1 is 1.15 bits per heavy atom. The lowest BCUT2D eigenvalue weighted by atomic mass is 10.1. The van der Waals surface area contributed by atoms with E-state index >= 15 is 0 Å². The Hall–Kier alpha value is -1.39. The molecule has 1 heterocycles. The minimum absolute atomic E-state index is 0.0727. The van der Waals surface area contributed by atoms with Gasteiger partial charge in [0.05, 0.1) is 13.0 Å². The summed E-state index contributed by atoms with van der Waals surface area (Å²) in [6.45, 7) is 2.08. The minimum Gasteiger partial charge on any atom is -0.481 e. The van der Waals surface area contributed by atoms with Crippen molar-refractivity contribution in [3.05, 3.63) is 35.4 Å². The first-order valence-electron chi connectivity index (χ1n) is 7.33. The van der Waals surface area contributed by atoms with Crippen LogP contribution < -0.4 is 0 Å². The molecule has 0 spiro atoms. The summed E-state index contributed by atoms with van der Waals surface area (Å²) >= 11 is 0. The summed E-state index contributed by atoms with van der Waals surface area (Å²) in [4.78, 5) is 13.0. The molecule has 20 heavy (non-hydrogen) atoms. The molecule has 4 heteroatoms. The predicted molar refractivity (Wildman–Crippen MR) is 77.5 cm³/mol. The number of rotatable bonds is 5. The van der Waals surface area contributed by atoms with E-state index in [2.05, 4.69) is 4.90 Å². The van der Waals surface area contributed by atoms with Crippen molar-refractivity contribution >= 4 is 5.97 Å². The molecule has 1 aromatic rings. The maximum Gasteiger partial charge on any atom is 0.307 e. The quantitative estimate of drug-likeness (QED) is 0.865. The molecule has 0 bridgehead atoms. The highest BCUT2D eigenvalue weighted by Gasteiger charge is 2.20. The summed E-state index contributed by atoms with van der Waals surface area (Å²) in [6, 6.07) is 8.02. The summed E-state index contributed by atoms with van der Waals surface area (Å²) in [5, 5.41) is 18.3. The maximum atomic E-state index is 10.7. The molecular formula is C16H23NO3. The van der Waals surface area contributed by atoms with Gasteiger partial charge in [0.1, 0.15) is 0 Å². The number of nitrogens with zero attached hydrogens (tertiary/aromatic N) is 1. The molecule has 1 aromatic carbocycles. The zero-order valence-corrected chi connectivity index (χ0v) is 11.8. The highest BCUT2D eigenvalue weighted by molar-refractivity contribution is 5.70. The van der Waals surface area contributed by atoms with Gasteiger partial charge in [-0.25, -0.2) is 0 Å². The van der Waals surface area contributed by atoms with Crippen molar-refractivity contribution in [2.24, 2.45) is 0 Å². The minimum atomic E-state index is -0.800. The highest BCUT2D eigenvalue weighted by atomic mass is 16.4. The highest BCUT2D eigenvalue weighted by Crippen LogP contribution is 2.19. The number of carboxylic acids is 1. The average Bonchev–Trinajstić information content (AvgIpc) is 2.65. The molecule has 1 aliphatic heterocycles. The molecule has 0 radical (unpaired) electrons. The van der Waals surface area contributed by atoms with E-state index < -0.39 is 5.97 Å². The molecule has 1 unspecified atom stereocenters. The molecule has 2 N–H and O–H groups in total. The number of benzene rings is 1. The van der Waals surface area contributed by atoms with Gasteiger partial charge in [-0.2, -0.15) is 0 Å². The lowest BCUT2D eigenvalue weighted by Gasteiger charge is -2.28. The molecule has 110 valence electrons. The number of likely N-dealkylation sites (tertiary alicyclic amines) is 1. The van der Waals surface area contributed by atoms with E-state index in [1.54, 1.807) is 0 Å². The molecule has 0 aliphatic carbocycles. The van der Waals surface area contributed by atoms with Crippen molar-refractivity contribution in [1.82, 2.24) is 4.90 Å². The summed E-state index contributed by atoms with van der Waals surface area (Å²) < 4.78 is 0. The second-order valence-corrected chi connectivity index (χ2v) is 5.54. The Morgan fingerprint density at radius 2 is 1.85 bits per heavy atom. The average molecular weight is 277 g/mol. The van der Waals surface area contributed by atoms with Crippen molar-refractivity contribution in [3.63, 3.8) is 0 Å². The van der Waals surface area contributed by atoms with E-state index in [9.17, 15) is 9.90 Å². The van der Waals surface area contributed by atoms with Crippen LogP contribution in [0.15, 0.2) is 24.3 Å².